The van der Waals surface area contributed by atoms with Gasteiger partial charge in [-0.3, -0.25) is 8.42 Å². The van der Waals surface area contributed by atoms with E-state index in [2.05, 4.69) is 14.1 Å². The summed E-state index contributed by atoms with van der Waals surface area (Å²) in [4.78, 5) is 0. The standard InChI is InChI=1S/2C7H16NO.H2O4S/c2*1-8(7-9-2)5-3-4-6-8;1-5(2,3)4/h2*3-7H2,1-2H3;(H2,1,2,3,4)/q2*+1;/p-2. The molecule has 0 bridgehead atoms. The maximum Gasteiger partial charge on any atom is 0.182 e. The number of rotatable bonds is 4. The van der Waals surface area contributed by atoms with E-state index in [4.69, 9.17) is 27.0 Å². The predicted octanol–water partition coefficient (Wildman–Crippen LogP) is 0.323. The average molecular weight is 356 g/mol. The van der Waals surface area contributed by atoms with Gasteiger partial charge < -0.3 is 27.5 Å². The van der Waals surface area contributed by atoms with E-state index in [1.54, 1.807) is 14.2 Å². The Morgan fingerprint density at radius 2 is 1.00 bits per heavy atom. The van der Waals surface area contributed by atoms with Crippen LogP contribution in [0.5, 0.6) is 0 Å². The second-order valence-electron chi connectivity index (χ2n) is 6.79. The zero-order chi connectivity index (χ0) is 18.0. The lowest BCUT2D eigenvalue weighted by Gasteiger charge is -2.27. The lowest BCUT2D eigenvalue weighted by molar-refractivity contribution is -0.916. The van der Waals surface area contributed by atoms with Crippen molar-refractivity contribution in [3.63, 3.8) is 0 Å². The Labute approximate surface area is 140 Å². The fourth-order valence-electron chi connectivity index (χ4n) is 3.08. The molecule has 23 heavy (non-hydrogen) atoms. The molecule has 0 aliphatic carbocycles. The lowest BCUT2D eigenvalue weighted by atomic mass is 10.4. The Kier molecular flexibility index (Phi) is 10.4. The Hall–Kier alpha value is -0.290. The van der Waals surface area contributed by atoms with Crippen LogP contribution >= 0.6 is 0 Å². The summed E-state index contributed by atoms with van der Waals surface area (Å²) in [6, 6.07) is 0. The highest BCUT2D eigenvalue weighted by Crippen LogP contribution is 2.15. The molecule has 0 saturated carbocycles. The number of likely N-dealkylation sites (tertiary alicyclic amines) is 2. The van der Waals surface area contributed by atoms with E-state index in [-0.39, 0.29) is 0 Å². The van der Waals surface area contributed by atoms with Crippen LogP contribution in [0, 0.1) is 0 Å². The average Bonchev–Trinajstić information content (AvgIpc) is 2.99. The molecule has 140 valence electrons. The highest BCUT2D eigenvalue weighted by Gasteiger charge is 2.26. The van der Waals surface area contributed by atoms with Gasteiger partial charge in [0.25, 0.3) is 0 Å². The molecule has 0 aromatic heterocycles. The van der Waals surface area contributed by atoms with Gasteiger partial charge in [0.2, 0.25) is 0 Å². The van der Waals surface area contributed by atoms with Crippen molar-refractivity contribution >= 4 is 10.4 Å². The molecule has 2 aliphatic rings. The lowest BCUT2D eigenvalue weighted by Crippen LogP contribution is -2.42. The molecule has 0 aromatic rings. The number of nitrogens with zero attached hydrogens (tertiary/aromatic N) is 2. The van der Waals surface area contributed by atoms with Crippen molar-refractivity contribution in [1.29, 1.82) is 0 Å². The maximum absolute atomic E-state index is 8.52. The first kappa shape index (κ1) is 22.7. The number of ether oxygens (including phenoxy) is 2. The second kappa shape index (κ2) is 10.5. The first-order valence-corrected chi connectivity index (χ1v) is 9.19. The molecule has 0 radical (unpaired) electrons. The monoisotopic (exact) mass is 356 g/mol. The molecule has 2 heterocycles. The van der Waals surface area contributed by atoms with E-state index >= 15 is 0 Å². The third-order valence-electron chi connectivity index (χ3n) is 4.17. The quantitative estimate of drug-likeness (QED) is 0.409. The summed E-state index contributed by atoms with van der Waals surface area (Å²) in [5, 5.41) is 0. The summed E-state index contributed by atoms with van der Waals surface area (Å²) in [5.74, 6) is 0. The van der Waals surface area contributed by atoms with Gasteiger partial charge in [0.05, 0.1) is 40.3 Å². The van der Waals surface area contributed by atoms with Crippen LogP contribution < -0.4 is 0 Å². The molecule has 0 aromatic carbocycles. The largest absolute Gasteiger partial charge is 0.759 e. The molecule has 2 saturated heterocycles. The minimum Gasteiger partial charge on any atom is -0.759 e. The molecular weight excluding hydrogens is 324 g/mol. The Morgan fingerprint density at radius 1 is 0.783 bits per heavy atom. The van der Waals surface area contributed by atoms with Gasteiger partial charge in [-0.2, -0.15) is 0 Å². The number of hydrogen-bond acceptors (Lipinski definition) is 6. The third-order valence-corrected chi connectivity index (χ3v) is 4.17. The first-order valence-electron chi connectivity index (χ1n) is 7.85. The SMILES string of the molecule is COC[N+]1(C)CCCC1.COC[N+]1(C)CCCC1.O=S(=O)([O-])[O-]. The zero-order valence-corrected chi connectivity index (χ0v) is 15.6. The van der Waals surface area contributed by atoms with Crippen LogP contribution in [0.4, 0.5) is 0 Å². The van der Waals surface area contributed by atoms with E-state index in [9.17, 15) is 0 Å². The van der Waals surface area contributed by atoms with Crippen molar-refractivity contribution in [3.05, 3.63) is 0 Å². The summed E-state index contributed by atoms with van der Waals surface area (Å²) in [7, 11) is 2.91. The fraction of sp³-hybridized carbons (Fsp3) is 1.00. The van der Waals surface area contributed by atoms with Gasteiger partial charge in [-0.1, -0.05) is 0 Å². The minimum absolute atomic E-state index is 0.889. The van der Waals surface area contributed by atoms with Crippen LogP contribution in [0.3, 0.4) is 0 Å². The molecule has 9 heteroatoms. The first-order chi connectivity index (χ1) is 10.5. The highest BCUT2D eigenvalue weighted by atomic mass is 32.3. The molecule has 2 aliphatic heterocycles. The molecule has 2 rings (SSSR count). The van der Waals surface area contributed by atoms with Crippen molar-refractivity contribution < 1.29 is 36.0 Å². The maximum atomic E-state index is 8.52. The van der Waals surface area contributed by atoms with E-state index < -0.39 is 10.4 Å². The van der Waals surface area contributed by atoms with Gasteiger partial charge in [-0.05, 0) is 0 Å². The van der Waals surface area contributed by atoms with Crippen LogP contribution in [0.1, 0.15) is 25.7 Å². The van der Waals surface area contributed by atoms with Gasteiger partial charge in [-0.15, -0.1) is 0 Å². The third kappa shape index (κ3) is 12.8. The van der Waals surface area contributed by atoms with Crippen molar-refractivity contribution in [1.82, 2.24) is 0 Å². The van der Waals surface area contributed by atoms with Crippen LogP contribution in [0.25, 0.3) is 0 Å². The molecule has 8 nitrogen and oxygen atoms in total. The van der Waals surface area contributed by atoms with Crippen LogP contribution in [0.15, 0.2) is 0 Å². The Morgan fingerprint density at radius 3 is 1.17 bits per heavy atom. The molecule has 2 fully saturated rings. The summed E-state index contributed by atoms with van der Waals surface area (Å²) in [6.45, 7) is 6.98. The summed E-state index contributed by atoms with van der Waals surface area (Å²) < 4.78 is 46.5. The van der Waals surface area contributed by atoms with Gasteiger partial charge in [0.15, 0.2) is 13.5 Å². The predicted molar refractivity (Wildman–Crippen MR) is 84.5 cm³/mol. The molecule has 0 unspecified atom stereocenters. The molecule has 0 atom stereocenters. The molecule has 0 amide bonds. The van der Waals surface area contributed by atoms with Crippen molar-refractivity contribution in [2.75, 3.05) is 68.0 Å². The topological polar surface area (TPSA) is 98.7 Å². The fourth-order valence-corrected chi connectivity index (χ4v) is 3.08. The number of hydrogen-bond donors (Lipinski definition) is 0. The van der Waals surface area contributed by atoms with Gasteiger partial charge in [0.1, 0.15) is 0 Å². The van der Waals surface area contributed by atoms with Crippen molar-refractivity contribution in [3.8, 4) is 0 Å². The van der Waals surface area contributed by atoms with Gasteiger partial charge >= 0.3 is 0 Å². The summed E-state index contributed by atoms with van der Waals surface area (Å²) >= 11 is 0. The second-order valence-corrected chi connectivity index (χ2v) is 7.61. The van der Waals surface area contributed by atoms with E-state index in [1.165, 1.54) is 51.9 Å². The summed E-state index contributed by atoms with van der Waals surface area (Å²) in [6.07, 6.45) is 5.50. The van der Waals surface area contributed by atoms with Crippen LogP contribution in [-0.2, 0) is 19.9 Å². The van der Waals surface area contributed by atoms with Crippen LogP contribution in [0.2, 0.25) is 0 Å². The molecule has 0 N–H and O–H groups in total. The Bertz CT molecular complexity index is 371. The molecular formula is C14H32N2O6S. The number of methoxy groups -OCH3 is 2. The van der Waals surface area contributed by atoms with E-state index in [1.807, 2.05) is 0 Å². The van der Waals surface area contributed by atoms with E-state index in [0.29, 0.717) is 0 Å². The van der Waals surface area contributed by atoms with Crippen LogP contribution in [-0.4, -0.2) is 94.4 Å². The molecule has 0 spiro atoms. The smallest absolute Gasteiger partial charge is 0.182 e. The van der Waals surface area contributed by atoms with Crippen molar-refractivity contribution in [2.24, 2.45) is 0 Å². The highest BCUT2D eigenvalue weighted by molar-refractivity contribution is 7.79. The van der Waals surface area contributed by atoms with Gasteiger partial charge in [-0.25, -0.2) is 0 Å². The van der Waals surface area contributed by atoms with Crippen molar-refractivity contribution in [2.45, 2.75) is 25.7 Å². The minimum atomic E-state index is -5.17. The van der Waals surface area contributed by atoms with Gasteiger partial charge in [0, 0.05) is 50.3 Å². The zero-order valence-electron chi connectivity index (χ0n) is 14.8. The van der Waals surface area contributed by atoms with E-state index in [0.717, 1.165) is 22.4 Å². The normalized spacial score (nSPS) is 21.8. The summed E-state index contributed by atoms with van der Waals surface area (Å²) in [5.41, 5.74) is 0. The number of quaternary nitrogens is 2. The Balaban J connectivity index is 0.000000332.